The van der Waals surface area contributed by atoms with Crippen LogP contribution in [-0.2, 0) is 14.3 Å². The lowest BCUT2D eigenvalue weighted by Gasteiger charge is -2.16. The highest BCUT2D eigenvalue weighted by atomic mass is 16.5. The summed E-state index contributed by atoms with van der Waals surface area (Å²) < 4.78 is 10.2. The Labute approximate surface area is 118 Å². The van der Waals surface area contributed by atoms with Crippen LogP contribution >= 0.6 is 0 Å². The van der Waals surface area contributed by atoms with Gasteiger partial charge in [-0.25, -0.2) is 0 Å². The lowest BCUT2D eigenvalue weighted by atomic mass is 10.2. The molecule has 0 radical (unpaired) electrons. The minimum Gasteiger partial charge on any atom is -0.494 e. The smallest absolute Gasteiger partial charge is 0.305 e. The lowest BCUT2D eigenvalue weighted by molar-refractivity contribution is -0.140. The third-order valence-corrected chi connectivity index (χ3v) is 3.22. The quantitative estimate of drug-likeness (QED) is 0.590. The number of amides is 1. The first-order valence-corrected chi connectivity index (χ1v) is 6.81. The van der Waals surface area contributed by atoms with Crippen LogP contribution in [0.2, 0.25) is 0 Å². The van der Waals surface area contributed by atoms with Gasteiger partial charge >= 0.3 is 5.97 Å². The molecular formula is C15H19NO4. The Morgan fingerprint density at radius 1 is 1.40 bits per heavy atom. The predicted octanol–water partition coefficient (Wildman–Crippen LogP) is 2.15. The van der Waals surface area contributed by atoms with Gasteiger partial charge in [-0.05, 0) is 25.0 Å². The van der Waals surface area contributed by atoms with Crippen molar-refractivity contribution in [1.82, 2.24) is 0 Å². The molecule has 1 aromatic carbocycles. The van der Waals surface area contributed by atoms with Gasteiger partial charge in [0, 0.05) is 31.1 Å². The number of carbonyl (C=O) groups is 2. The Balaban J connectivity index is 1.86. The molecule has 1 saturated heterocycles. The molecule has 1 amide bonds. The highest BCUT2D eigenvalue weighted by Crippen LogP contribution is 2.25. The lowest BCUT2D eigenvalue weighted by Crippen LogP contribution is -2.23. The second-order valence-corrected chi connectivity index (χ2v) is 4.67. The fraction of sp³-hybridized carbons (Fsp3) is 0.467. The van der Waals surface area contributed by atoms with E-state index in [4.69, 9.17) is 4.74 Å². The number of ether oxygens (including phenoxy) is 2. The van der Waals surface area contributed by atoms with Crippen molar-refractivity contribution >= 4 is 17.6 Å². The normalized spacial score (nSPS) is 14.4. The highest BCUT2D eigenvalue weighted by molar-refractivity contribution is 5.95. The zero-order valence-corrected chi connectivity index (χ0v) is 11.6. The van der Waals surface area contributed by atoms with Crippen LogP contribution in [-0.4, -0.2) is 32.1 Å². The van der Waals surface area contributed by atoms with Gasteiger partial charge in [0.2, 0.25) is 5.91 Å². The Bertz CT molecular complexity index is 487. The summed E-state index contributed by atoms with van der Waals surface area (Å²) in [6.07, 6.45) is 2.48. The molecule has 2 rings (SSSR count). The van der Waals surface area contributed by atoms with Crippen LogP contribution < -0.4 is 9.64 Å². The molecule has 0 saturated carbocycles. The van der Waals surface area contributed by atoms with Crippen molar-refractivity contribution in [3.05, 3.63) is 24.3 Å². The zero-order chi connectivity index (χ0) is 14.4. The Morgan fingerprint density at radius 3 is 2.95 bits per heavy atom. The maximum Gasteiger partial charge on any atom is 0.305 e. The van der Waals surface area contributed by atoms with Crippen molar-refractivity contribution in [1.29, 1.82) is 0 Å². The molecule has 1 aliphatic rings. The molecule has 1 aromatic rings. The first-order chi connectivity index (χ1) is 9.70. The van der Waals surface area contributed by atoms with E-state index in [1.54, 1.807) is 4.90 Å². The first kappa shape index (κ1) is 14.4. The predicted molar refractivity (Wildman–Crippen MR) is 74.8 cm³/mol. The van der Waals surface area contributed by atoms with Crippen molar-refractivity contribution < 1.29 is 19.1 Å². The standard InChI is InChI=1S/C15H19NO4/c1-19-15(18)8-4-10-20-13-6-2-5-12(11-13)16-9-3-7-14(16)17/h2,5-6,11H,3-4,7-10H2,1H3. The number of nitrogens with zero attached hydrogens (tertiary/aromatic N) is 1. The second-order valence-electron chi connectivity index (χ2n) is 4.67. The van der Waals surface area contributed by atoms with Gasteiger partial charge in [-0.1, -0.05) is 6.07 Å². The molecule has 5 heteroatoms. The molecule has 1 aliphatic heterocycles. The first-order valence-electron chi connectivity index (χ1n) is 6.81. The summed E-state index contributed by atoms with van der Waals surface area (Å²) in [5, 5.41) is 0. The third-order valence-electron chi connectivity index (χ3n) is 3.22. The molecule has 0 atom stereocenters. The van der Waals surface area contributed by atoms with Crippen LogP contribution in [0.3, 0.4) is 0 Å². The van der Waals surface area contributed by atoms with Gasteiger partial charge in [0.1, 0.15) is 5.75 Å². The van der Waals surface area contributed by atoms with E-state index in [0.717, 1.165) is 18.7 Å². The van der Waals surface area contributed by atoms with Gasteiger partial charge in [0.05, 0.1) is 13.7 Å². The topological polar surface area (TPSA) is 55.8 Å². The molecule has 5 nitrogen and oxygen atoms in total. The molecule has 0 aliphatic carbocycles. The summed E-state index contributed by atoms with van der Waals surface area (Å²) in [6.45, 7) is 1.22. The van der Waals surface area contributed by atoms with Crippen molar-refractivity contribution in [3.63, 3.8) is 0 Å². The van der Waals surface area contributed by atoms with Crippen LogP contribution in [0.1, 0.15) is 25.7 Å². The maximum absolute atomic E-state index is 11.7. The number of benzene rings is 1. The Hall–Kier alpha value is -2.04. The van der Waals surface area contributed by atoms with Gasteiger partial charge in [0.25, 0.3) is 0 Å². The third kappa shape index (κ3) is 3.73. The zero-order valence-electron chi connectivity index (χ0n) is 11.6. The number of hydrogen-bond donors (Lipinski definition) is 0. The molecule has 1 heterocycles. The van der Waals surface area contributed by atoms with E-state index >= 15 is 0 Å². The van der Waals surface area contributed by atoms with E-state index in [-0.39, 0.29) is 11.9 Å². The van der Waals surface area contributed by atoms with Crippen LogP contribution in [0.5, 0.6) is 5.75 Å². The Morgan fingerprint density at radius 2 is 2.25 bits per heavy atom. The number of methoxy groups -OCH3 is 1. The summed E-state index contributed by atoms with van der Waals surface area (Å²) in [6, 6.07) is 7.49. The van der Waals surface area contributed by atoms with Gasteiger partial charge in [-0.3, -0.25) is 9.59 Å². The average molecular weight is 277 g/mol. The molecule has 0 spiro atoms. The minimum absolute atomic E-state index is 0.160. The Kier molecular flexibility index (Phi) is 4.98. The number of carbonyl (C=O) groups excluding carboxylic acids is 2. The fourth-order valence-electron chi connectivity index (χ4n) is 2.17. The monoisotopic (exact) mass is 277 g/mol. The summed E-state index contributed by atoms with van der Waals surface area (Å²) >= 11 is 0. The van der Waals surface area contributed by atoms with Crippen molar-refractivity contribution in [2.45, 2.75) is 25.7 Å². The van der Waals surface area contributed by atoms with E-state index < -0.39 is 0 Å². The summed E-state index contributed by atoms with van der Waals surface area (Å²) in [5.74, 6) is 0.643. The minimum atomic E-state index is -0.231. The molecule has 1 fully saturated rings. The van der Waals surface area contributed by atoms with E-state index in [1.165, 1.54) is 7.11 Å². The fourth-order valence-corrected chi connectivity index (χ4v) is 2.17. The van der Waals surface area contributed by atoms with Crippen LogP contribution in [0.25, 0.3) is 0 Å². The van der Waals surface area contributed by atoms with E-state index in [0.29, 0.717) is 31.6 Å². The van der Waals surface area contributed by atoms with Crippen LogP contribution in [0, 0.1) is 0 Å². The molecule has 0 bridgehead atoms. The van der Waals surface area contributed by atoms with Crippen LogP contribution in [0.4, 0.5) is 5.69 Å². The van der Waals surface area contributed by atoms with E-state index in [9.17, 15) is 9.59 Å². The van der Waals surface area contributed by atoms with E-state index in [2.05, 4.69) is 4.74 Å². The average Bonchev–Trinajstić information content (AvgIpc) is 2.90. The number of esters is 1. The second kappa shape index (κ2) is 6.93. The summed E-state index contributed by atoms with van der Waals surface area (Å²) in [4.78, 5) is 24.4. The van der Waals surface area contributed by atoms with E-state index in [1.807, 2.05) is 24.3 Å². The van der Waals surface area contributed by atoms with Crippen molar-refractivity contribution in [2.24, 2.45) is 0 Å². The van der Waals surface area contributed by atoms with Crippen molar-refractivity contribution in [3.8, 4) is 5.75 Å². The van der Waals surface area contributed by atoms with Gasteiger partial charge in [-0.15, -0.1) is 0 Å². The highest BCUT2D eigenvalue weighted by Gasteiger charge is 2.21. The molecular weight excluding hydrogens is 258 g/mol. The summed E-state index contributed by atoms with van der Waals surface area (Å²) in [7, 11) is 1.37. The van der Waals surface area contributed by atoms with Gasteiger partial charge < -0.3 is 14.4 Å². The van der Waals surface area contributed by atoms with Crippen molar-refractivity contribution in [2.75, 3.05) is 25.2 Å². The molecule has 0 aromatic heterocycles. The largest absolute Gasteiger partial charge is 0.494 e. The van der Waals surface area contributed by atoms with Crippen LogP contribution in [0.15, 0.2) is 24.3 Å². The molecule has 20 heavy (non-hydrogen) atoms. The number of rotatable bonds is 6. The SMILES string of the molecule is COC(=O)CCCOc1cccc(N2CCCC2=O)c1. The number of hydrogen-bond acceptors (Lipinski definition) is 4. The van der Waals surface area contributed by atoms with Gasteiger partial charge in [-0.2, -0.15) is 0 Å². The maximum atomic E-state index is 11.7. The van der Waals surface area contributed by atoms with Gasteiger partial charge in [0.15, 0.2) is 0 Å². The molecule has 0 unspecified atom stereocenters. The molecule has 0 N–H and O–H groups in total. The summed E-state index contributed by atoms with van der Waals surface area (Å²) in [5.41, 5.74) is 0.873. The molecule has 108 valence electrons. The number of anilines is 1.